The van der Waals surface area contributed by atoms with Gasteiger partial charge in [0.15, 0.2) is 0 Å². The van der Waals surface area contributed by atoms with Crippen molar-refractivity contribution in [3.8, 4) is 0 Å². The van der Waals surface area contributed by atoms with Crippen molar-refractivity contribution in [3.05, 3.63) is 107 Å². The molecule has 5 nitrogen and oxygen atoms in total. The zero-order valence-corrected chi connectivity index (χ0v) is 16.2. The van der Waals surface area contributed by atoms with E-state index in [4.69, 9.17) is 0 Å². The average molecular weight is 396 g/mol. The van der Waals surface area contributed by atoms with Crippen LogP contribution >= 0.6 is 0 Å². The lowest BCUT2D eigenvalue weighted by Gasteiger charge is -2.12. The van der Waals surface area contributed by atoms with E-state index in [1.807, 2.05) is 42.5 Å². The van der Waals surface area contributed by atoms with Gasteiger partial charge in [0.1, 0.15) is 0 Å². The Balaban J connectivity index is 1.50. The first-order chi connectivity index (χ1) is 14.6. The number of hydrogen-bond acceptors (Lipinski definition) is 3. The van der Waals surface area contributed by atoms with Gasteiger partial charge in [0, 0.05) is 17.7 Å². The summed E-state index contributed by atoms with van der Waals surface area (Å²) in [6, 6.07) is 25.6. The third-order valence-electron chi connectivity index (χ3n) is 4.87. The number of carbonyl (C=O) groups excluding carboxylic acids is 3. The van der Waals surface area contributed by atoms with E-state index in [2.05, 4.69) is 5.32 Å². The van der Waals surface area contributed by atoms with Crippen molar-refractivity contribution in [2.75, 3.05) is 4.90 Å². The average Bonchev–Trinajstić information content (AvgIpc) is 3.06. The summed E-state index contributed by atoms with van der Waals surface area (Å²) in [5.41, 5.74) is 3.18. The fraction of sp³-hybridized carbons (Fsp3) is 0.0800. The highest BCUT2D eigenvalue weighted by molar-refractivity contribution is 6.29. The molecule has 0 spiro atoms. The zero-order valence-electron chi connectivity index (χ0n) is 16.2. The molecule has 1 aliphatic heterocycles. The summed E-state index contributed by atoms with van der Waals surface area (Å²) in [7, 11) is 0. The minimum Gasteiger partial charge on any atom is -0.348 e. The maximum atomic E-state index is 12.8. The minimum absolute atomic E-state index is 0.0398. The number of nitrogens with zero attached hydrogens (tertiary/aromatic N) is 1. The van der Waals surface area contributed by atoms with Crippen LogP contribution in [-0.4, -0.2) is 17.7 Å². The van der Waals surface area contributed by atoms with E-state index in [9.17, 15) is 14.4 Å². The fourth-order valence-corrected chi connectivity index (χ4v) is 3.38. The second-order valence-electron chi connectivity index (χ2n) is 7.01. The SMILES string of the molecule is O=C(NCc1ccccc1)c1cccc(/C=C2\CC(=O)N(c3ccccc3)C2=O)c1. The van der Waals surface area contributed by atoms with Gasteiger partial charge in [0.05, 0.1) is 12.1 Å². The molecule has 3 amide bonds. The summed E-state index contributed by atoms with van der Waals surface area (Å²) in [5, 5.41) is 2.89. The lowest BCUT2D eigenvalue weighted by Crippen LogP contribution is -2.28. The smallest absolute Gasteiger partial charge is 0.261 e. The van der Waals surface area contributed by atoms with Gasteiger partial charge in [-0.3, -0.25) is 14.4 Å². The predicted molar refractivity (Wildman–Crippen MR) is 116 cm³/mol. The Morgan fingerprint density at radius 2 is 1.60 bits per heavy atom. The molecule has 0 atom stereocenters. The molecule has 1 aliphatic rings. The van der Waals surface area contributed by atoms with Crippen LogP contribution < -0.4 is 10.2 Å². The van der Waals surface area contributed by atoms with Crippen LogP contribution in [0.5, 0.6) is 0 Å². The normalized spacial score (nSPS) is 14.9. The summed E-state index contributed by atoms with van der Waals surface area (Å²) in [6.07, 6.45) is 1.72. The van der Waals surface area contributed by atoms with Crippen LogP contribution in [0.25, 0.3) is 6.08 Å². The molecule has 0 unspecified atom stereocenters. The number of imide groups is 1. The lowest BCUT2D eigenvalue weighted by atomic mass is 10.1. The van der Waals surface area contributed by atoms with E-state index in [0.29, 0.717) is 28.9 Å². The molecule has 0 bridgehead atoms. The first-order valence-corrected chi connectivity index (χ1v) is 9.67. The molecule has 4 rings (SSSR count). The van der Waals surface area contributed by atoms with Crippen LogP contribution in [0.2, 0.25) is 0 Å². The zero-order chi connectivity index (χ0) is 20.9. The van der Waals surface area contributed by atoms with Crippen LogP contribution in [-0.2, 0) is 16.1 Å². The molecule has 3 aromatic carbocycles. The summed E-state index contributed by atoms with van der Waals surface area (Å²) >= 11 is 0. The van der Waals surface area contributed by atoms with E-state index in [1.165, 1.54) is 4.90 Å². The molecule has 1 heterocycles. The van der Waals surface area contributed by atoms with Crippen LogP contribution in [0, 0.1) is 0 Å². The molecular formula is C25H20N2O3. The van der Waals surface area contributed by atoms with Gasteiger partial charge in [0.2, 0.25) is 5.91 Å². The molecule has 0 aliphatic carbocycles. The Morgan fingerprint density at radius 3 is 2.33 bits per heavy atom. The van der Waals surface area contributed by atoms with Gasteiger partial charge in [-0.2, -0.15) is 0 Å². The van der Waals surface area contributed by atoms with Gasteiger partial charge in [-0.15, -0.1) is 0 Å². The highest BCUT2D eigenvalue weighted by Gasteiger charge is 2.34. The third-order valence-corrected chi connectivity index (χ3v) is 4.87. The Bertz CT molecular complexity index is 1120. The van der Waals surface area contributed by atoms with Gasteiger partial charge in [-0.1, -0.05) is 60.7 Å². The number of amides is 3. The van der Waals surface area contributed by atoms with Crippen molar-refractivity contribution >= 4 is 29.5 Å². The van der Waals surface area contributed by atoms with Crippen molar-refractivity contribution < 1.29 is 14.4 Å². The Hall–Kier alpha value is -3.99. The van der Waals surface area contributed by atoms with Crippen molar-refractivity contribution in [3.63, 3.8) is 0 Å². The van der Waals surface area contributed by atoms with Crippen LogP contribution in [0.4, 0.5) is 5.69 Å². The van der Waals surface area contributed by atoms with E-state index in [-0.39, 0.29) is 24.1 Å². The molecule has 1 N–H and O–H groups in total. The van der Waals surface area contributed by atoms with E-state index >= 15 is 0 Å². The van der Waals surface area contributed by atoms with Crippen molar-refractivity contribution in [1.29, 1.82) is 0 Å². The summed E-state index contributed by atoms with van der Waals surface area (Å²) in [4.78, 5) is 38.8. The molecule has 1 fully saturated rings. The lowest BCUT2D eigenvalue weighted by molar-refractivity contribution is -0.120. The summed E-state index contributed by atoms with van der Waals surface area (Å²) in [5.74, 6) is -0.779. The number of benzene rings is 3. The second kappa shape index (κ2) is 8.57. The van der Waals surface area contributed by atoms with Gasteiger partial charge in [-0.25, -0.2) is 4.90 Å². The topological polar surface area (TPSA) is 66.5 Å². The van der Waals surface area contributed by atoms with Crippen molar-refractivity contribution in [2.24, 2.45) is 0 Å². The molecule has 148 valence electrons. The van der Waals surface area contributed by atoms with Crippen molar-refractivity contribution in [2.45, 2.75) is 13.0 Å². The number of rotatable bonds is 5. The number of para-hydroxylation sites is 1. The van der Waals surface area contributed by atoms with Gasteiger partial charge < -0.3 is 5.32 Å². The maximum absolute atomic E-state index is 12.8. The number of carbonyl (C=O) groups is 3. The Labute approximate surface area is 174 Å². The predicted octanol–water partition coefficient (Wildman–Crippen LogP) is 3.96. The molecule has 1 saturated heterocycles. The first-order valence-electron chi connectivity index (χ1n) is 9.67. The van der Waals surface area contributed by atoms with Crippen LogP contribution in [0.15, 0.2) is 90.5 Å². The monoisotopic (exact) mass is 396 g/mol. The van der Waals surface area contributed by atoms with Crippen LogP contribution in [0.3, 0.4) is 0 Å². The standard InChI is InChI=1S/C25H20N2O3/c28-23-16-21(25(30)27(23)22-12-5-2-6-13-22)15-19-10-7-11-20(14-19)24(29)26-17-18-8-3-1-4-9-18/h1-15H,16-17H2,(H,26,29)/b21-15+. The number of anilines is 1. The van der Waals surface area contributed by atoms with Crippen molar-refractivity contribution in [1.82, 2.24) is 5.32 Å². The van der Waals surface area contributed by atoms with E-state index < -0.39 is 0 Å². The molecule has 30 heavy (non-hydrogen) atoms. The molecule has 3 aromatic rings. The van der Waals surface area contributed by atoms with Gasteiger partial charge in [-0.05, 0) is 41.5 Å². The van der Waals surface area contributed by atoms with Crippen LogP contribution in [0.1, 0.15) is 27.9 Å². The fourth-order valence-electron chi connectivity index (χ4n) is 3.38. The van der Waals surface area contributed by atoms with E-state index in [1.54, 1.807) is 48.5 Å². The maximum Gasteiger partial charge on any atom is 0.261 e. The highest BCUT2D eigenvalue weighted by atomic mass is 16.2. The van der Waals surface area contributed by atoms with Gasteiger partial charge >= 0.3 is 0 Å². The van der Waals surface area contributed by atoms with E-state index in [0.717, 1.165) is 5.56 Å². The number of hydrogen-bond donors (Lipinski definition) is 1. The molecule has 0 saturated carbocycles. The second-order valence-corrected chi connectivity index (χ2v) is 7.01. The highest BCUT2D eigenvalue weighted by Crippen LogP contribution is 2.27. The molecule has 0 radical (unpaired) electrons. The third kappa shape index (κ3) is 4.20. The quantitative estimate of drug-likeness (QED) is 0.524. The first kappa shape index (κ1) is 19.3. The molecule has 0 aromatic heterocycles. The Morgan fingerprint density at radius 1 is 0.900 bits per heavy atom. The molecule has 5 heteroatoms. The molecular weight excluding hydrogens is 376 g/mol. The summed E-state index contributed by atoms with van der Waals surface area (Å²) < 4.78 is 0. The minimum atomic E-state index is -0.329. The van der Waals surface area contributed by atoms with Gasteiger partial charge in [0.25, 0.3) is 11.8 Å². The summed E-state index contributed by atoms with van der Waals surface area (Å²) in [6.45, 7) is 0.435. The number of nitrogens with one attached hydrogen (secondary N) is 1. The Kier molecular flexibility index (Phi) is 5.52. The largest absolute Gasteiger partial charge is 0.348 e.